The van der Waals surface area contributed by atoms with Gasteiger partial charge in [0.15, 0.2) is 5.56 Å². The van der Waals surface area contributed by atoms with Crippen molar-refractivity contribution in [2.24, 2.45) is 0 Å². The number of imidazole rings is 1. The van der Waals surface area contributed by atoms with Crippen molar-refractivity contribution in [1.82, 2.24) is 14.5 Å². The average molecular weight is 354 g/mol. The summed E-state index contributed by atoms with van der Waals surface area (Å²) in [6, 6.07) is 0. The van der Waals surface area contributed by atoms with Crippen LogP contribution in [0.15, 0.2) is 4.79 Å². The number of H-pyrrole nitrogens is 1. The van der Waals surface area contributed by atoms with Gasteiger partial charge in [0.25, 0.3) is 5.56 Å². The molecule has 3 rings (SSSR count). The molecule has 0 radical (unpaired) electrons. The molecular formula is C16H20ClN3O4. The molecule has 0 amide bonds. The summed E-state index contributed by atoms with van der Waals surface area (Å²) >= 11 is 0. The maximum Gasteiger partial charge on any atom is 0.345 e. The number of halogens is 1. The Bertz CT molecular complexity index is 869. The van der Waals surface area contributed by atoms with Crippen molar-refractivity contribution >= 4 is 18.4 Å². The lowest BCUT2D eigenvalue weighted by Crippen LogP contribution is -2.20. The molecule has 24 heavy (non-hydrogen) atoms. The van der Waals surface area contributed by atoms with E-state index in [1.165, 1.54) is 0 Å². The second-order valence-corrected chi connectivity index (χ2v) is 5.91. The number of nitrogens with one attached hydrogen (secondary N) is 1. The monoisotopic (exact) mass is 353 g/mol. The molecule has 1 aliphatic carbocycles. The molecule has 7 nitrogen and oxygen atoms in total. The molecule has 0 spiro atoms. The molecule has 2 aromatic heterocycles. The average Bonchev–Trinajstić information content (AvgIpc) is 2.72. The van der Waals surface area contributed by atoms with Crippen LogP contribution >= 0.6 is 12.4 Å². The third kappa shape index (κ3) is 2.49. The lowest BCUT2D eigenvalue weighted by Gasteiger charge is -2.15. The summed E-state index contributed by atoms with van der Waals surface area (Å²) in [6.07, 6.45) is 1.49. The topological polar surface area (TPSA) is 108 Å². The summed E-state index contributed by atoms with van der Waals surface area (Å²) in [7, 11) is 0. The van der Waals surface area contributed by atoms with E-state index in [1.54, 1.807) is 0 Å². The standard InChI is InChI=1S/C16H19N3O4.ClH/c1-4-19-8(3)17-12-9(19)6-5-7(2)10-13(12)18-15(21)11(14(10)20)16(22)23;/h7H,4-6H2,1-3H3,(H,22,23)(H2,18,20,21);1H/t7-;/m0./s1. The quantitative estimate of drug-likeness (QED) is 0.768. The molecule has 0 aromatic carbocycles. The predicted octanol–water partition coefficient (Wildman–Crippen LogP) is 2.44. The van der Waals surface area contributed by atoms with Gasteiger partial charge in [-0.15, -0.1) is 12.4 Å². The van der Waals surface area contributed by atoms with Crippen molar-refractivity contribution in [1.29, 1.82) is 0 Å². The van der Waals surface area contributed by atoms with Crippen LogP contribution in [0.25, 0.3) is 11.4 Å². The van der Waals surface area contributed by atoms with Crippen molar-refractivity contribution in [2.45, 2.75) is 46.1 Å². The van der Waals surface area contributed by atoms with E-state index in [0.29, 0.717) is 17.0 Å². The summed E-state index contributed by atoms with van der Waals surface area (Å²) in [4.78, 5) is 30.6. The van der Waals surface area contributed by atoms with Crippen molar-refractivity contribution < 1.29 is 15.0 Å². The number of hydrogen-bond donors (Lipinski definition) is 3. The number of carboxylic acid groups (broad SMARTS) is 1. The first kappa shape index (κ1) is 18.1. The van der Waals surface area contributed by atoms with Gasteiger partial charge in [-0.05, 0) is 32.6 Å². The number of aryl methyl sites for hydroxylation is 1. The predicted molar refractivity (Wildman–Crippen MR) is 91.3 cm³/mol. The summed E-state index contributed by atoms with van der Waals surface area (Å²) in [5.41, 5.74) is 1.12. The fourth-order valence-electron chi connectivity index (χ4n) is 3.45. The van der Waals surface area contributed by atoms with Gasteiger partial charge >= 0.3 is 5.97 Å². The minimum atomic E-state index is -1.43. The lowest BCUT2D eigenvalue weighted by molar-refractivity contribution is 0.0691. The van der Waals surface area contributed by atoms with Gasteiger partial charge in [-0.1, -0.05) is 6.92 Å². The number of rotatable bonds is 2. The fourth-order valence-corrected chi connectivity index (χ4v) is 3.45. The van der Waals surface area contributed by atoms with Gasteiger partial charge < -0.3 is 19.8 Å². The minimum absolute atomic E-state index is 0. The molecule has 0 aliphatic heterocycles. The highest BCUT2D eigenvalue weighted by atomic mass is 35.5. The fraction of sp³-hybridized carbons (Fsp3) is 0.438. The van der Waals surface area contributed by atoms with Gasteiger partial charge in [-0.3, -0.25) is 4.79 Å². The van der Waals surface area contributed by atoms with Gasteiger partial charge in [-0.25, -0.2) is 9.78 Å². The van der Waals surface area contributed by atoms with Crippen molar-refractivity contribution in [2.75, 3.05) is 0 Å². The van der Waals surface area contributed by atoms with E-state index >= 15 is 0 Å². The Hall–Kier alpha value is -2.28. The lowest BCUT2D eigenvalue weighted by atomic mass is 9.94. The first-order valence-electron chi connectivity index (χ1n) is 7.65. The zero-order valence-corrected chi connectivity index (χ0v) is 14.5. The first-order chi connectivity index (χ1) is 10.9. The Balaban J connectivity index is 0.00000208. The van der Waals surface area contributed by atoms with Crippen LogP contribution in [0.4, 0.5) is 0 Å². The number of fused-ring (bicyclic) bond motifs is 3. The molecule has 2 aromatic rings. The Morgan fingerprint density at radius 3 is 2.71 bits per heavy atom. The van der Waals surface area contributed by atoms with Gasteiger partial charge in [0.2, 0.25) is 0 Å². The zero-order valence-electron chi connectivity index (χ0n) is 13.7. The van der Waals surface area contributed by atoms with Crippen LogP contribution in [-0.4, -0.2) is 30.7 Å². The van der Waals surface area contributed by atoms with Gasteiger partial charge in [-0.2, -0.15) is 0 Å². The van der Waals surface area contributed by atoms with E-state index in [-0.39, 0.29) is 18.3 Å². The van der Waals surface area contributed by atoms with Gasteiger partial charge in [0, 0.05) is 17.8 Å². The van der Waals surface area contributed by atoms with E-state index in [1.807, 2.05) is 20.8 Å². The molecule has 1 atom stereocenters. The van der Waals surface area contributed by atoms with Crippen molar-refractivity contribution in [3.63, 3.8) is 0 Å². The van der Waals surface area contributed by atoms with Crippen LogP contribution in [0, 0.1) is 6.92 Å². The number of aromatic carboxylic acids is 1. The highest BCUT2D eigenvalue weighted by Gasteiger charge is 2.31. The number of carboxylic acids is 1. The molecule has 3 N–H and O–H groups in total. The Morgan fingerprint density at radius 2 is 2.12 bits per heavy atom. The second kappa shape index (κ2) is 6.32. The van der Waals surface area contributed by atoms with Crippen molar-refractivity contribution in [3.8, 4) is 17.1 Å². The summed E-state index contributed by atoms with van der Waals surface area (Å²) < 4.78 is 2.08. The maximum absolute atomic E-state index is 12.1. The van der Waals surface area contributed by atoms with Crippen LogP contribution in [0.2, 0.25) is 0 Å². The third-order valence-corrected chi connectivity index (χ3v) is 4.56. The second-order valence-electron chi connectivity index (χ2n) is 5.91. The number of aromatic amines is 1. The van der Waals surface area contributed by atoms with Crippen LogP contribution in [0.3, 0.4) is 0 Å². The molecule has 0 saturated heterocycles. The van der Waals surface area contributed by atoms with Gasteiger partial charge in [0.05, 0.1) is 5.69 Å². The third-order valence-electron chi connectivity index (χ3n) is 4.56. The number of pyridine rings is 1. The summed E-state index contributed by atoms with van der Waals surface area (Å²) in [6.45, 7) is 6.60. The Labute approximate surface area is 144 Å². The number of carbonyl (C=O) groups is 1. The molecule has 8 heteroatoms. The number of hydrogen-bond acceptors (Lipinski definition) is 4. The molecule has 0 bridgehead atoms. The van der Waals surface area contributed by atoms with Crippen LogP contribution < -0.4 is 5.56 Å². The van der Waals surface area contributed by atoms with Crippen LogP contribution in [0.5, 0.6) is 5.75 Å². The highest BCUT2D eigenvalue weighted by Crippen LogP contribution is 2.41. The Kier molecular flexibility index (Phi) is 4.75. The molecule has 0 saturated carbocycles. The van der Waals surface area contributed by atoms with Crippen molar-refractivity contribution in [3.05, 3.63) is 33.0 Å². The Morgan fingerprint density at radius 1 is 1.46 bits per heavy atom. The van der Waals surface area contributed by atoms with E-state index in [9.17, 15) is 19.8 Å². The van der Waals surface area contributed by atoms with E-state index in [0.717, 1.165) is 30.9 Å². The minimum Gasteiger partial charge on any atom is -0.506 e. The van der Waals surface area contributed by atoms with E-state index in [2.05, 4.69) is 14.5 Å². The zero-order chi connectivity index (χ0) is 16.9. The molecule has 0 unspecified atom stereocenters. The number of aromatic hydroxyl groups is 1. The molecular weight excluding hydrogens is 334 g/mol. The molecule has 1 aliphatic rings. The summed E-state index contributed by atoms with van der Waals surface area (Å²) in [5, 5.41) is 19.6. The molecule has 2 heterocycles. The van der Waals surface area contributed by atoms with Gasteiger partial charge in [0.1, 0.15) is 17.3 Å². The molecule has 0 fully saturated rings. The highest BCUT2D eigenvalue weighted by molar-refractivity contribution is 5.92. The SMILES string of the molecule is CCn1c(C)nc2c1CC[C@H](C)c1c-2[nH]c(=O)c(C(=O)O)c1O.Cl. The van der Waals surface area contributed by atoms with E-state index < -0.39 is 22.8 Å². The van der Waals surface area contributed by atoms with E-state index in [4.69, 9.17) is 0 Å². The first-order valence-corrected chi connectivity index (χ1v) is 7.65. The van der Waals surface area contributed by atoms with Crippen LogP contribution in [0.1, 0.15) is 53.6 Å². The largest absolute Gasteiger partial charge is 0.506 e. The molecule has 130 valence electrons. The normalized spacial score (nSPS) is 15.9. The summed E-state index contributed by atoms with van der Waals surface area (Å²) in [5.74, 6) is -1.13. The van der Waals surface area contributed by atoms with Crippen LogP contribution in [-0.2, 0) is 13.0 Å². The maximum atomic E-state index is 12.1. The number of nitrogens with zero attached hydrogens (tertiary/aromatic N) is 2. The number of aromatic nitrogens is 3. The smallest absolute Gasteiger partial charge is 0.345 e.